The molecular formula is C20H24N2O3S. The van der Waals surface area contributed by atoms with Gasteiger partial charge >= 0.3 is 0 Å². The molecule has 2 aromatic carbocycles. The molecule has 6 heteroatoms. The van der Waals surface area contributed by atoms with Gasteiger partial charge in [0.1, 0.15) is 0 Å². The van der Waals surface area contributed by atoms with Gasteiger partial charge in [0, 0.05) is 17.3 Å². The quantitative estimate of drug-likeness (QED) is 0.888. The number of nitrogens with zero attached hydrogens (tertiary/aromatic N) is 1. The summed E-state index contributed by atoms with van der Waals surface area (Å²) in [6.45, 7) is 6.09. The monoisotopic (exact) mass is 372 g/mol. The van der Waals surface area contributed by atoms with Crippen molar-refractivity contribution in [3.8, 4) is 0 Å². The van der Waals surface area contributed by atoms with Crippen LogP contribution < -0.4 is 9.62 Å². The van der Waals surface area contributed by atoms with Gasteiger partial charge in [-0.1, -0.05) is 26.0 Å². The molecule has 2 aromatic rings. The molecule has 0 bridgehead atoms. The van der Waals surface area contributed by atoms with E-state index in [9.17, 15) is 13.2 Å². The zero-order valence-electron chi connectivity index (χ0n) is 15.5. The fraction of sp³-hybridized carbons (Fsp3) is 0.350. The van der Waals surface area contributed by atoms with Crippen LogP contribution in [0.4, 0.5) is 11.4 Å². The highest BCUT2D eigenvalue weighted by molar-refractivity contribution is 7.92. The Morgan fingerprint density at radius 3 is 2.58 bits per heavy atom. The fourth-order valence-corrected chi connectivity index (χ4v) is 4.69. The molecule has 138 valence electrons. The van der Waals surface area contributed by atoms with Gasteiger partial charge in [0.05, 0.1) is 11.9 Å². The fourth-order valence-electron chi connectivity index (χ4n) is 3.43. The van der Waals surface area contributed by atoms with Crippen molar-refractivity contribution >= 4 is 27.3 Å². The number of nitrogens with one attached hydrogen (secondary N) is 1. The van der Waals surface area contributed by atoms with E-state index in [2.05, 4.69) is 19.2 Å². The maximum Gasteiger partial charge on any atom is 0.255 e. The van der Waals surface area contributed by atoms with Crippen LogP contribution in [0.1, 0.15) is 48.2 Å². The molecule has 1 atom stereocenters. The molecule has 26 heavy (non-hydrogen) atoms. The van der Waals surface area contributed by atoms with Crippen LogP contribution in [0, 0.1) is 0 Å². The van der Waals surface area contributed by atoms with Crippen LogP contribution in [0.15, 0.2) is 42.5 Å². The number of carbonyl (C=O) groups excluding carboxylic acids is 1. The second kappa shape index (κ2) is 6.76. The van der Waals surface area contributed by atoms with Gasteiger partial charge in [-0.25, -0.2) is 8.42 Å². The average molecular weight is 372 g/mol. The van der Waals surface area contributed by atoms with E-state index in [1.807, 2.05) is 31.2 Å². The van der Waals surface area contributed by atoms with Gasteiger partial charge in [-0.3, -0.25) is 9.10 Å². The van der Waals surface area contributed by atoms with Crippen LogP contribution in [-0.2, 0) is 16.4 Å². The molecule has 0 saturated carbocycles. The van der Waals surface area contributed by atoms with Crippen molar-refractivity contribution in [2.24, 2.45) is 0 Å². The number of hydrogen-bond acceptors (Lipinski definition) is 3. The van der Waals surface area contributed by atoms with E-state index in [0.717, 1.165) is 16.8 Å². The molecule has 1 heterocycles. The van der Waals surface area contributed by atoms with Crippen molar-refractivity contribution in [1.82, 2.24) is 0 Å². The maximum absolute atomic E-state index is 12.6. The van der Waals surface area contributed by atoms with Gasteiger partial charge < -0.3 is 5.32 Å². The SMILES string of the molecule is CC(C)c1cccc(NC(=O)c2ccc3c(c2)C[C@@H](C)N3S(C)(=O)=O)c1. The Hall–Kier alpha value is -2.34. The summed E-state index contributed by atoms with van der Waals surface area (Å²) in [6.07, 6.45) is 1.81. The lowest BCUT2D eigenvalue weighted by Crippen LogP contribution is -2.34. The maximum atomic E-state index is 12.6. The Morgan fingerprint density at radius 2 is 1.92 bits per heavy atom. The van der Waals surface area contributed by atoms with E-state index in [1.54, 1.807) is 18.2 Å². The van der Waals surface area contributed by atoms with Gasteiger partial charge in [0.2, 0.25) is 10.0 Å². The number of rotatable bonds is 4. The third kappa shape index (κ3) is 3.60. The molecule has 1 N–H and O–H groups in total. The molecule has 1 aliphatic heterocycles. The highest BCUT2D eigenvalue weighted by Gasteiger charge is 2.32. The Labute approximate surface area is 155 Å². The summed E-state index contributed by atoms with van der Waals surface area (Å²) < 4.78 is 25.4. The van der Waals surface area contributed by atoms with Crippen molar-refractivity contribution < 1.29 is 13.2 Å². The normalized spacial score (nSPS) is 16.7. The van der Waals surface area contributed by atoms with E-state index >= 15 is 0 Å². The van der Waals surface area contributed by atoms with Gasteiger partial charge in [0.25, 0.3) is 5.91 Å². The number of fused-ring (bicyclic) bond motifs is 1. The molecule has 1 amide bonds. The number of benzene rings is 2. The van der Waals surface area contributed by atoms with E-state index in [-0.39, 0.29) is 11.9 Å². The lowest BCUT2D eigenvalue weighted by molar-refractivity contribution is 0.102. The van der Waals surface area contributed by atoms with Crippen LogP contribution >= 0.6 is 0 Å². The first kappa shape index (κ1) is 18.5. The molecule has 0 radical (unpaired) electrons. The zero-order chi connectivity index (χ0) is 19.1. The molecule has 0 aromatic heterocycles. The van der Waals surface area contributed by atoms with E-state index in [0.29, 0.717) is 23.6 Å². The van der Waals surface area contributed by atoms with Crippen molar-refractivity contribution in [2.75, 3.05) is 15.9 Å². The molecular weight excluding hydrogens is 348 g/mol. The number of carbonyl (C=O) groups is 1. The summed E-state index contributed by atoms with van der Waals surface area (Å²) in [5, 5.41) is 2.93. The molecule has 0 fully saturated rings. The van der Waals surface area contributed by atoms with Gasteiger partial charge in [-0.15, -0.1) is 0 Å². The summed E-state index contributed by atoms with van der Waals surface area (Å²) >= 11 is 0. The summed E-state index contributed by atoms with van der Waals surface area (Å²) in [4.78, 5) is 12.6. The van der Waals surface area contributed by atoms with Crippen LogP contribution in [0.3, 0.4) is 0 Å². The topological polar surface area (TPSA) is 66.5 Å². The van der Waals surface area contributed by atoms with Crippen molar-refractivity contribution in [1.29, 1.82) is 0 Å². The van der Waals surface area contributed by atoms with Crippen LogP contribution in [0.25, 0.3) is 0 Å². The van der Waals surface area contributed by atoms with Crippen LogP contribution in [0.5, 0.6) is 0 Å². The number of hydrogen-bond donors (Lipinski definition) is 1. The largest absolute Gasteiger partial charge is 0.322 e. The predicted octanol–water partition coefficient (Wildman–Crippen LogP) is 3.77. The smallest absolute Gasteiger partial charge is 0.255 e. The summed E-state index contributed by atoms with van der Waals surface area (Å²) in [5.74, 6) is 0.189. The Kier molecular flexibility index (Phi) is 4.80. The first-order valence-electron chi connectivity index (χ1n) is 8.70. The molecule has 0 unspecified atom stereocenters. The van der Waals surface area contributed by atoms with E-state index < -0.39 is 10.0 Å². The summed E-state index contributed by atoms with van der Waals surface area (Å²) in [5.41, 5.74) is 3.99. The van der Waals surface area contributed by atoms with Gasteiger partial charge in [-0.05, 0) is 60.7 Å². The minimum absolute atomic E-state index is 0.138. The number of sulfonamides is 1. The average Bonchev–Trinajstić information content (AvgIpc) is 2.89. The first-order chi connectivity index (χ1) is 12.2. The predicted molar refractivity (Wildman–Crippen MR) is 105 cm³/mol. The molecule has 0 spiro atoms. The third-order valence-electron chi connectivity index (χ3n) is 4.66. The second-order valence-electron chi connectivity index (χ2n) is 7.19. The molecule has 3 rings (SSSR count). The Morgan fingerprint density at radius 1 is 1.19 bits per heavy atom. The molecule has 0 saturated heterocycles. The van der Waals surface area contributed by atoms with Crippen molar-refractivity contribution in [3.05, 3.63) is 59.2 Å². The third-order valence-corrected chi connectivity index (χ3v) is 5.93. The first-order valence-corrected chi connectivity index (χ1v) is 10.6. The summed E-state index contributed by atoms with van der Waals surface area (Å²) in [7, 11) is -3.33. The van der Waals surface area contributed by atoms with E-state index in [1.165, 1.54) is 10.6 Å². The zero-order valence-corrected chi connectivity index (χ0v) is 16.3. The molecule has 1 aliphatic rings. The van der Waals surface area contributed by atoms with Gasteiger partial charge in [-0.2, -0.15) is 0 Å². The second-order valence-corrected chi connectivity index (χ2v) is 9.05. The highest BCUT2D eigenvalue weighted by atomic mass is 32.2. The molecule has 0 aliphatic carbocycles. The number of amides is 1. The Bertz CT molecular complexity index is 951. The lowest BCUT2D eigenvalue weighted by Gasteiger charge is -2.21. The minimum Gasteiger partial charge on any atom is -0.322 e. The standard InChI is InChI=1S/C20H24N2O3S/c1-13(2)15-6-5-7-18(12-15)21-20(23)16-8-9-19-17(11-16)10-14(3)22(19)26(4,24)25/h5-9,11-14H,10H2,1-4H3,(H,21,23)/t14-/m1/s1. The lowest BCUT2D eigenvalue weighted by atomic mass is 10.0. The molecule has 5 nitrogen and oxygen atoms in total. The number of anilines is 2. The summed E-state index contributed by atoms with van der Waals surface area (Å²) in [6, 6.07) is 12.9. The van der Waals surface area contributed by atoms with Gasteiger partial charge in [0.15, 0.2) is 0 Å². The van der Waals surface area contributed by atoms with Crippen LogP contribution in [0.2, 0.25) is 0 Å². The highest BCUT2D eigenvalue weighted by Crippen LogP contribution is 2.34. The van der Waals surface area contributed by atoms with Crippen LogP contribution in [-0.4, -0.2) is 26.6 Å². The van der Waals surface area contributed by atoms with Crippen molar-refractivity contribution in [3.63, 3.8) is 0 Å². The van der Waals surface area contributed by atoms with Crippen molar-refractivity contribution in [2.45, 2.75) is 39.2 Å². The minimum atomic E-state index is -3.33. The van der Waals surface area contributed by atoms with E-state index in [4.69, 9.17) is 0 Å². The Balaban J connectivity index is 1.85.